The summed E-state index contributed by atoms with van der Waals surface area (Å²) in [5, 5.41) is 2.71. The van der Waals surface area contributed by atoms with Crippen LogP contribution in [0.1, 0.15) is 32.8 Å². The van der Waals surface area contributed by atoms with Gasteiger partial charge in [0.1, 0.15) is 5.78 Å². The third-order valence-corrected chi connectivity index (χ3v) is 2.49. The molecule has 1 amide bonds. The predicted octanol–water partition coefficient (Wildman–Crippen LogP) is 2.94. The maximum atomic E-state index is 11.7. The molecule has 17 heavy (non-hydrogen) atoms. The minimum atomic E-state index is -0.468. The number of anilines is 1. The van der Waals surface area contributed by atoms with Crippen molar-refractivity contribution < 1.29 is 9.59 Å². The first-order valence-corrected chi connectivity index (χ1v) is 5.69. The molecule has 0 spiro atoms. The maximum absolute atomic E-state index is 11.7. The minimum Gasteiger partial charge on any atom is -0.326 e. The van der Waals surface area contributed by atoms with E-state index in [2.05, 4.69) is 5.32 Å². The van der Waals surface area contributed by atoms with E-state index < -0.39 is 5.41 Å². The Bertz CT molecular complexity index is 413. The van der Waals surface area contributed by atoms with Gasteiger partial charge in [0, 0.05) is 11.1 Å². The van der Waals surface area contributed by atoms with Crippen molar-refractivity contribution in [3.63, 3.8) is 0 Å². The molecule has 0 saturated heterocycles. The highest BCUT2D eigenvalue weighted by atomic mass is 16.2. The highest BCUT2D eigenvalue weighted by Gasteiger charge is 2.23. The van der Waals surface area contributed by atoms with E-state index in [4.69, 9.17) is 0 Å². The molecule has 92 valence electrons. The summed E-state index contributed by atoms with van der Waals surface area (Å²) in [5.74, 6) is -0.309. The lowest BCUT2D eigenvalue weighted by atomic mass is 9.89. The smallest absolute Gasteiger partial charge is 0.231 e. The zero-order valence-corrected chi connectivity index (χ0v) is 10.8. The maximum Gasteiger partial charge on any atom is 0.231 e. The molecule has 0 bridgehead atoms. The van der Waals surface area contributed by atoms with Gasteiger partial charge >= 0.3 is 0 Å². The third kappa shape index (κ3) is 4.39. The van der Waals surface area contributed by atoms with Crippen molar-refractivity contribution in [1.82, 2.24) is 0 Å². The van der Waals surface area contributed by atoms with Crippen molar-refractivity contribution in [1.29, 1.82) is 0 Å². The van der Waals surface area contributed by atoms with E-state index in [1.54, 1.807) is 0 Å². The number of rotatable bonds is 3. The third-order valence-electron chi connectivity index (χ3n) is 2.49. The average molecular weight is 233 g/mol. The number of amides is 1. The van der Waals surface area contributed by atoms with Crippen LogP contribution in [0.2, 0.25) is 0 Å². The Morgan fingerprint density at radius 3 is 2.12 bits per heavy atom. The van der Waals surface area contributed by atoms with Gasteiger partial charge in [-0.3, -0.25) is 9.59 Å². The van der Waals surface area contributed by atoms with Crippen LogP contribution >= 0.6 is 0 Å². The van der Waals surface area contributed by atoms with Gasteiger partial charge < -0.3 is 5.32 Å². The summed E-state index contributed by atoms with van der Waals surface area (Å²) in [7, 11) is 0. The zero-order chi connectivity index (χ0) is 13.1. The van der Waals surface area contributed by atoms with Crippen LogP contribution in [0, 0.1) is 12.3 Å². The molecule has 0 aliphatic carbocycles. The van der Waals surface area contributed by atoms with Gasteiger partial charge in [0.15, 0.2) is 0 Å². The summed E-state index contributed by atoms with van der Waals surface area (Å²) in [6.07, 6.45) is -0.0720. The van der Waals surface area contributed by atoms with Crippen molar-refractivity contribution in [3.05, 3.63) is 29.8 Å². The van der Waals surface area contributed by atoms with E-state index in [1.165, 1.54) is 0 Å². The fourth-order valence-electron chi connectivity index (χ4n) is 1.25. The first kappa shape index (κ1) is 13.4. The molecule has 0 atom stereocenters. The number of carbonyl (C=O) groups excluding carboxylic acids is 2. The van der Waals surface area contributed by atoms with Crippen molar-refractivity contribution >= 4 is 17.4 Å². The first-order valence-electron chi connectivity index (χ1n) is 5.69. The second-order valence-electron chi connectivity index (χ2n) is 5.26. The van der Waals surface area contributed by atoms with Crippen LogP contribution in [-0.4, -0.2) is 11.7 Å². The number of nitrogens with one attached hydrogen (secondary N) is 1. The fourth-order valence-corrected chi connectivity index (χ4v) is 1.25. The predicted molar refractivity (Wildman–Crippen MR) is 68.9 cm³/mol. The van der Waals surface area contributed by atoms with E-state index in [0.717, 1.165) is 11.3 Å². The first-order chi connectivity index (χ1) is 7.79. The summed E-state index contributed by atoms with van der Waals surface area (Å²) in [6, 6.07) is 7.49. The van der Waals surface area contributed by atoms with Crippen LogP contribution < -0.4 is 5.32 Å². The second-order valence-corrected chi connectivity index (χ2v) is 5.26. The molecule has 0 aliphatic rings. The lowest BCUT2D eigenvalue weighted by Crippen LogP contribution is -2.26. The molecule has 0 unspecified atom stereocenters. The Balaban J connectivity index is 2.56. The van der Waals surface area contributed by atoms with Gasteiger partial charge in [0.2, 0.25) is 5.91 Å². The highest BCUT2D eigenvalue weighted by Crippen LogP contribution is 2.17. The lowest BCUT2D eigenvalue weighted by molar-refractivity contribution is -0.130. The highest BCUT2D eigenvalue weighted by molar-refractivity contribution is 6.05. The fraction of sp³-hybridized carbons (Fsp3) is 0.429. The van der Waals surface area contributed by atoms with Crippen LogP contribution in [0.15, 0.2) is 24.3 Å². The van der Waals surface area contributed by atoms with E-state index in [1.807, 2.05) is 52.0 Å². The van der Waals surface area contributed by atoms with Crippen molar-refractivity contribution in [3.8, 4) is 0 Å². The number of ketones is 1. The minimum absolute atomic E-state index is 0.0536. The van der Waals surface area contributed by atoms with E-state index in [0.29, 0.717) is 0 Å². The molecule has 0 aliphatic heterocycles. The van der Waals surface area contributed by atoms with Gasteiger partial charge in [0.25, 0.3) is 0 Å². The average Bonchev–Trinajstić information content (AvgIpc) is 2.20. The molecule has 1 N–H and O–H groups in total. The number of hydrogen-bond donors (Lipinski definition) is 1. The van der Waals surface area contributed by atoms with Gasteiger partial charge in [-0.15, -0.1) is 0 Å². The summed E-state index contributed by atoms with van der Waals surface area (Å²) >= 11 is 0. The van der Waals surface area contributed by atoms with Crippen molar-refractivity contribution in [2.75, 3.05) is 5.32 Å². The van der Waals surface area contributed by atoms with Crippen LogP contribution in [0.25, 0.3) is 0 Å². The largest absolute Gasteiger partial charge is 0.326 e. The zero-order valence-electron chi connectivity index (χ0n) is 10.8. The SMILES string of the molecule is Cc1ccc(NC(=O)CC(=O)C(C)(C)C)cc1. The summed E-state index contributed by atoms with van der Waals surface area (Å²) in [5.41, 5.74) is 1.39. The van der Waals surface area contributed by atoms with Crippen LogP contribution in [0.3, 0.4) is 0 Å². The number of aryl methyl sites for hydroxylation is 1. The monoisotopic (exact) mass is 233 g/mol. The van der Waals surface area contributed by atoms with E-state index in [-0.39, 0.29) is 18.1 Å². The molecular weight excluding hydrogens is 214 g/mol. The van der Waals surface area contributed by atoms with Crippen LogP contribution in [0.4, 0.5) is 5.69 Å². The molecule has 0 radical (unpaired) electrons. The van der Waals surface area contributed by atoms with Crippen molar-refractivity contribution in [2.24, 2.45) is 5.41 Å². The Morgan fingerprint density at radius 2 is 1.65 bits per heavy atom. The van der Waals surface area contributed by atoms with Gasteiger partial charge in [-0.05, 0) is 19.1 Å². The normalized spacial score (nSPS) is 11.1. The Hall–Kier alpha value is -1.64. The molecule has 0 heterocycles. The molecule has 3 heteroatoms. The number of benzene rings is 1. The quantitative estimate of drug-likeness (QED) is 0.816. The molecule has 1 aromatic rings. The lowest BCUT2D eigenvalue weighted by Gasteiger charge is -2.16. The number of hydrogen-bond acceptors (Lipinski definition) is 2. The summed E-state index contributed by atoms with van der Waals surface area (Å²) in [6.45, 7) is 7.42. The topological polar surface area (TPSA) is 46.2 Å². The molecule has 0 saturated carbocycles. The Kier molecular flexibility index (Phi) is 4.05. The number of carbonyl (C=O) groups is 2. The van der Waals surface area contributed by atoms with Gasteiger partial charge in [0.05, 0.1) is 6.42 Å². The van der Waals surface area contributed by atoms with E-state index >= 15 is 0 Å². The Morgan fingerprint density at radius 1 is 1.12 bits per heavy atom. The van der Waals surface area contributed by atoms with Crippen LogP contribution in [0.5, 0.6) is 0 Å². The number of Topliss-reactive ketones (excluding diaryl/α,β-unsaturated/α-hetero) is 1. The van der Waals surface area contributed by atoms with Gasteiger partial charge in [-0.2, -0.15) is 0 Å². The molecule has 1 rings (SSSR count). The molecule has 0 fully saturated rings. The molecule has 0 aromatic heterocycles. The molecule has 3 nitrogen and oxygen atoms in total. The Labute approximate surface area is 102 Å². The van der Waals surface area contributed by atoms with Crippen LogP contribution in [-0.2, 0) is 9.59 Å². The van der Waals surface area contributed by atoms with Crippen molar-refractivity contribution in [2.45, 2.75) is 34.1 Å². The second kappa shape index (κ2) is 5.13. The van der Waals surface area contributed by atoms with Gasteiger partial charge in [-0.25, -0.2) is 0 Å². The van der Waals surface area contributed by atoms with Gasteiger partial charge in [-0.1, -0.05) is 38.5 Å². The molecular formula is C14H19NO2. The summed E-state index contributed by atoms with van der Waals surface area (Å²) in [4.78, 5) is 23.3. The molecule has 1 aromatic carbocycles. The summed E-state index contributed by atoms with van der Waals surface area (Å²) < 4.78 is 0. The van der Waals surface area contributed by atoms with E-state index in [9.17, 15) is 9.59 Å². The standard InChI is InChI=1S/C14H19NO2/c1-10-5-7-11(8-6-10)15-13(17)9-12(16)14(2,3)4/h5-8H,9H2,1-4H3,(H,15,17).